The molecule has 7 heteroatoms. The molecule has 1 amide bonds. The van der Waals surface area contributed by atoms with Gasteiger partial charge in [0.25, 0.3) is 5.91 Å². The summed E-state index contributed by atoms with van der Waals surface area (Å²) in [7, 11) is 0. The first kappa shape index (κ1) is 14.1. The lowest BCUT2D eigenvalue weighted by Crippen LogP contribution is -2.16. The first-order chi connectivity index (χ1) is 9.40. The number of carboxylic acids is 1. The molecule has 0 fully saturated rings. The predicted molar refractivity (Wildman–Crippen MR) is 70.3 cm³/mol. The second-order valence-electron chi connectivity index (χ2n) is 3.96. The Kier molecular flexibility index (Phi) is 3.80. The molecule has 0 atom stereocenters. The van der Waals surface area contributed by atoms with Crippen LogP contribution in [-0.2, 0) is 0 Å². The average Bonchev–Trinajstić information content (AvgIpc) is 2.70. The fourth-order valence-corrected chi connectivity index (χ4v) is 2.54. The molecule has 2 aromatic rings. The summed E-state index contributed by atoms with van der Waals surface area (Å²) in [5.74, 6) is -4.26. The van der Waals surface area contributed by atoms with Gasteiger partial charge in [0.1, 0.15) is 22.2 Å². The van der Waals surface area contributed by atoms with E-state index in [0.717, 1.165) is 29.5 Å². The molecule has 2 rings (SSSR count). The van der Waals surface area contributed by atoms with Crippen LogP contribution in [0.1, 0.15) is 25.6 Å². The Bertz CT molecular complexity index is 677. The van der Waals surface area contributed by atoms with Crippen LogP contribution in [-0.4, -0.2) is 17.0 Å². The zero-order chi connectivity index (χ0) is 14.9. The van der Waals surface area contributed by atoms with Gasteiger partial charge < -0.3 is 10.4 Å². The van der Waals surface area contributed by atoms with Crippen molar-refractivity contribution >= 4 is 28.2 Å². The van der Waals surface area contributed by atoms with Crippen LogP contribution < -0.4 is 5.32 Å². The van der Waals surface area contributed by atoms with Crippen LogP contribution >= 0.6 is 11.3 Å². The van der Waals surface area contributed by atoms with E-state index >= 15 is 0 Å². The summed E-state index contributed by atoms with van der Waals surface area (Å²) in [4.78, 5) is 23.5. The van der Waals surface area contributed by atoms with Gasteiger partial charge in [-0.05, 0) is 25.1 Å². The van der Waals surface area contributed by atoms with Gasteiger partial charge in [-0.3, -0.25) is 4.79 Å². The zero-order valence-corrected chi connectivity index (χ0v) is 11.1. The highest BCUT2D eigenvalue weighted by Crippen LogP contribution is 2.28. The first-order valence-corrected chi connectivity index (χ1v) is 6.31. The molecule has 4 nitrogen and oxygen atoms in total. The van der Waals surface area contributed by atoms with E-state index in [1.165, 1.54) is 6.07 Å². The molecular weight excluding hydrogens is 288 g/mol. The number of benzene rings is 1. The van der Waals surface area contributed by atoms with E-state index in [4.69, 9.17) is 5.11 Å². The number of hydrogen-bond donors (Lipinski definition) is 2. The number of carbonyl (C=O) groups excluding carboxylic acids is 1. The SMILES string of the molecule is Cc1cc(C(=O)O)c(NC(=O)c2c(F)cccc2F)s1. The quantitative estimate of drug-likeness (QED) is 0.913. The van der Waals surface area contributed by atoms with Gasteiger partial charge in [-0.1, -0.05) is 6.07 Å². The molecular formula is C13H9F2NO3S. The van der Waals surface area contributed by atoms with E-state index in [1.807, 2.05) is 0 Å². The normalized spacial score (nSPS) is 10.3. The summed E-state index contributed by atoms with van der Waals surface area (Å²) < 4.78 is 26.9. The summed E-state index contributed by atoms with van der Waals surface area (Å²) in [6.45, 7) is 1.66. The minimum Gasteiger partial charge on any atom is -0.478 e. The van der Waals surface area contributed by atoms with Crippen LogP contribution in [0.3, 0.4) is 0 Å². The summed E-state index contributed by atoms with van der Waals surface area (Å²) in [6, 6.07) is 4.42. The third-order valence-electron chi connectivity index (χ3n) is 2.50. The third kappa shape index (κ3) is 2.67. The third-order valence-corrected chi connectivity index (χ3v) is 3.47. The Morgan fingerprint density at radius 3 is 2.40 bits per heavy atom. The van der Waals surface area contributed by atoms with Gasteiger partial charge in [0.05, 0.1) is 5.56 Å². The number of rotatable bonds is 3. The predicted octanol–water partition coefficient (Wildman–Crippen LogP) is 3.29. The van der Waals surface area contributed by atoms with Crippen LogP contribution in [0.15, 0.2) is 24.3 Å². The van der Waals surface area contributed by atoms with Crippen LogP contribution in [0.25, 0.3) is 0 Å². The molecule has 0 saturated carbocycles. The van der Waals surface area contributed by atoms with Crippen LogP contribution in [0.4, 0.5) is 13.8 Å². The number of carbonyl (C=O) groups is 2. The summed E-state index contributed by atoms with van der Waals surface area (Å²) in [6.07, 6.45) is 0. The van der Waals surface area contributed by atoms with Gasteiger partial charge in [0, 0.05) is 4.88 Å². The number of halogens is 2. The van der Waals surface area contributed by atoms with Crippen molar-refractivity contribution in [3.05, 3.63) is 51.9 Å². The molecule has 1 aromatic heterocycles. The fraction of sp³-hybridized carbons (Fsp3) is 0.0769. The lowest BCUT2D eigenvalue weighted by Gasteiger charge is -2.06. The Hall–Kier alpha value is -2.28. The van der Waals surface area contributed by atoms with Crippen molar-refractivity contribution in [2.75, 3.05) is 5.32 Å². The number of thiophene rings is 1. The van der Waals surface area contributed by atoms with Crippen molar-refractivity contribution < 1.29 is 23.5 Å². The van der Waals surface area contributed by atoms with E-state index in [0.29, 0.717) is 4.88 Å². The monoisotopic (exact) mass is 297 g/mol. The highest BCUT2D eigenvalue weighted by molar-refractivity contribution is 7.16. The molecule has 0 aliphatic carbocycles. The maximum atomic E-state index is 13.5. The van der Waals surface area contributed by atoms with Gasteiger partial charge in [-0.25, -0.2) is 13.6 Å². The van der Waals surface area contributed by atoms with Crippen molar-refractivity contribution in [3.8, 4) is 0 Å². The number of carboxylic acid groups (broad SMARTS) is 1. The Morgan fingerprint density at radius 1 is 1.25 bits per heavy atom. The van der Waals surface area contributed by atoms with E-state index in [9.17, 15) is 18.4 Å². The number of anilines is 1. The van der Waals surface area contributed by atoms with Crippen molar-refractivity contribution in [3.63, 3.8) is 0 Å². The second kappa shape index (κ2) is 5.38. The summed E-state index contributed by atoms with van der Waals surface area (Å²) in [5.41, 5.74) is -0.854. The molecule has 2 N–H and O–H groups in total. The summed E-state index contributed by atoms with van der Waals surface area (Å²) in [5, 5.41) is 11.3. The van der Waals surface area contributed by atoms with Gasteiger partial charge >= 0.3 is 5.97 Å². The van der Waals surface area contributed by atoms with Crippen LogP contribution in [0, 0.1) is 18.6 Å². The zero-order valence-electron chi connectivity index (χ0n) is 10.2. The maximum Gasteiger partial charge on any atom is 0.338 e. The molecule has 1 aromatic carbocycles. The van der Waals surface area contributed by atoms with Gasteiger partial charge in [-0.2, -0.15) is 0 Å². The number of aromatic carboxylic acids is 1. The molecule has 0 spiro atoms. The maximum absolute atomic E-state index is 13.5. The molecule has 104 valence electrons. The van der Waals surface area contributed by atoms with E-state index in [-0.39, 0.29) is 10.6 Å². The highest BCUT2D eigenvalue weighted by Gasteiger charge is 2.21. The van der Waals surface area contributed by atoms with E-state index in [1.54, 1.807) is 6.92 Å². The average molecular weight is 297 g/mol. The van der Waals surface area contributed by atoms with Gasteiger partial charge in [0.2, 0.25) is 0 Å². The number of hydrogen-bond acceptors (Lipinski definition) is 3. The van der Waals surface area contributed by atoms with Gasteiger partial charge in [0.15, 0.2) is 0 Å². The molecule has 0 aliphatic heterocycles. The fourth-order valence-electron chi connectivity index (χ4n) is 1.65. The molecule has 0 radical (unpaired) electrons. The molecule has 0 saturated heterocycles. The first-order valence-electron chi connectivity index (χ1n) is 5.49. The van der Waals surface area contributed by atoms with Crippen molar-refractivity contribution in [2.45, 2.75) is 6.92 Å². The van der Waals surface area contributed by atoms with Crippen LogP contribution in [0.2, 0.25) is 0 Å². The second-order valence-corrected chi connectivity index (χ2v) is 5.21. The minimum atomic E-state index is -1.22. The van der Waals surface area contributed by atoms with E-state index in [2.05, 4.69) is 5.32 Å². The molecule has 1 heterocycles. The van der Waals surface area contributed by atoms with Crippen molar-refractivity contribution in [1.29, 1.82) is 0 Å². The molecule has 0 bridgehead atoms. The Morgan fingerprint density at radius 2 is 1.85 bits per heavy atom. The smallest absolute Gasteiger partial charge is 0.338 e. The minimum absolute atomic E-state index is 0.0441. The molecule has 0 aliphatic rings. The molecule has 0 unspecified atom stereocenters. The highest BCUT2D eigenvalue weighted by atomic mass is 32.1. The van der Waals surface area contributed by atoms with Crippen LogP contribution in [0.5, 0.6) is 0 Å². The number of nitrogens with one attached hydrogen (secondary N) is 1. The largest absolute Gasteiger partial charge is 0.478 e. The van der Waals surface area contributed by atoms with E-state index < -0.39 is 29.1 Å². The lowest BCUT2D eigenvalue weighted by molar-refractivity contribution is 0.0698. The number of aryl methyl sites for hydroxylation is 1. The topological polar surface area (TPSA) is 66.4 Å². The van der Waals surface area contributed by atoms with Crippen molar-refractivity contribution in [1.82, 2.24) is 0 Å². The Balaban J connectivity index is 2.35. The molecule has 20 heavy (non-hydrogen) atoms. The number of amides is 1. The lowest BCUT2D eigenvalue weighted by atomic mass is 10.2. The standard InChI is InChI=1S/C13H9F2NO3S/c1-6-5-7(13(18)19)12(20-6)16-11(17)10-8(14)3-2-4-9(10)15/h2-5H,1H3,(H,16,17)(H,18,19). The summed E-state index contributed by atoms with van der Waals surface area (Å²) >= 11 is 1.02. The Labute approximate surface area is 116 Å². The van der Waals surface area contributed by atoms with Crippen molar-refractivity contribution in [2.24, 2.45) is 0 Å². The van der Waals surface area contributed by atoms with Gasteiger partial charge in [-0.15, -0.1) is 11.3 Å².